The highest BCUT2D eigenvalue weighted by molar-refractivity contribution is 5.81. The van der Waals surface area contributed by atoms with E-state index >= 15 is 0 Å². The molecule has 0 heterocycles. The molecule has 0 aromatic carbocycles. The first-order valence-corrected chi connectivity index (χ1v) is 2.49. The summed E-state index contributed by atoms with van der Waals surface area (Å²) in [5.74, 6) is -0.413. The Morgan fingerprint density at radius 2 is 2.44 bits per heavy atom. The molecule has 0 aliphatic rings. The molecule has 0 rings (SSSR count). The molecule has 4 nitrogen and oxygen atoms in total. The fourth-order valence-corrected chi connectivity index (χ4v) is 0.270. The monoisotopic (exact) mass is 131 g/mol. The van der Waals surface area contributed by atoms with Gasteiger partial charge in [0, 0.05) is 0 Å². The molecular weight excluding hydrogens is 122 g/mol. The summed E-state index contributed by atoms with van der Waals surface area (Å²) in [6.45, 7) is 2.99. The lowest BCUT2D eigenvalue weighted by molar-refractivity contribution is -0.122. The van der Waals surface area contributed by atoms with Crippen LogP contribution in [0.15, 0.2) is 4.99 Å². The molecule has 0 radical (unpaired) electrons. The van der Waals surface area contributed by atoms with Crippen molar-refractivity contribution in [2.45, 2.75) is 0 Å². The zero-order valence-electron chi connectivity index (χ0n) is 5.04. The Labute approximate surface area is 53.2 Å². The zero-order valence-corrected chi connectivity index (χ0v) is 5.04. The highest BCUT2D eigenvalue weighted by atomic mass is 16.5. The molecule has 9 heavy (non-hydrogen) atoms. The Kier molecular flexibility index (Phi) is 4.95. The molecule has 0 spiro atoms. The van der Waals surface area contributed by atoms with E-state index in [-0.39, 0.29) is 19.8 Å². The second kappa shape index (κ2) is 5.40. The van der Waals surface area contributed by atoms with Gasteiger partial charge in [0.25, 0.3) is 5.91 Å². The van der Waals surface area contributed by atoms with Gasteiger partial charge in [0.05, 0.1) is 13.2 Å². The number of aliphatic imine (C=N–C) groups is 1. The van der Waals surface area contributed by atoms with Crippen molar-refractivity contribution in [3.05, 3.63) is 0 Å². The van der Waals surface area contributed by atoms with E-state index in [9.17, 15) is 4.79 Å². The van der Waals surface area contributed by atoms with E-state index < -0.39 is 5.91 Å². The molecule has 0 saturated carbocycles. The minimum absolute atomic E-state index is 0.0789. The molecule has 4 heteroatoms. The van der Waals surface area contributed by atoms with Gasteiger partial charge < -0.3 is 9.84 Å². The molecule has 0 fully saturated rings. The lowest BCUT2D eigenvalue weighted by Gasteiger charge is -1.94. The normalized spacial score (nSPS) is 9.00. The molecule has 0 unspecified atom stereocenters. The van der Waals surface area contributed by atoms with E-state index in [1.165, 1.54) is 0 Å². The summed E-state index contributed by atoms with van der Waals surface area (Å²) in [5.41, 5.74) is 0. The maximum Gasteiger partial charge on any atom is 0.271 e. The van der Waals surface area contributed by atoms with Gasteiger partial charge in [0.15, 0.2) is 0 Å². The van der Waals surface area contributed by atoms with Crippen molar-refractivity contribution < 1.29 is 14.6 Å². The average molecular weight is 131 g/mol. The minimum atomic E-state index is -0.413. The molecule has 0 aromatic rings. The van der Waals surface area contributed by atoms with Crippen LogP contribution in [0.1, 0.15) is 0 Å². The zero-order chi connectivity index (χ0) is 7.11. The first kappa shape index (κ1) is 8.26. The molecule has 1 amide bonds. The van der Waals surface area contributed by atoms with Gasteiger partial charge >= 0.3 is 0 Å². The Bertz CT molecular complexity index is 102. The predicted molar refractivity (Wildman–Crippen MR) is 32.5 cm³/mol. The smallest absolute Gasteiger partial charge is 0.271 e. The topological polar surface area (TPSA) is 58.9 Å². The van der Waals surface area contributed by atoms with Crippen LogP contribution in [0.3, 0.4) is 0 Å². The number of amides is 1. The number of rotatable bonds is 4. The van der Waals surface area contributed by atoms with Gasteiger partial charge in [-0.25, -0.2) is 4.99 Å². The Hall–Kier alpha value is -0.740. The van der Waals surface area contributed by atoms with Gasteiger partial charge in [0.2, 0.25) is 0 Å². The van der Waals surface area contributed by atoms with Crippen LogP contribution in [0.5, 0.6) is 0 Å². The van der Waals surface area contributed by atoms with E-state index in [2.05, 4.69) is 16.4 Å². The Morgan fingerprint density at radius 1 is 1.78 bits per heavy atom. The third-order valence-corrected chi connectivity index (χ3v) is 0.638. The summed E-state index contributed by atoms with van der Waals surface area (Å²) in [6.07, 6.45) is 0. The first-order valence-electron chi connectivity index (χ1n) is 2.49. The van der Waals surface area contributed by atoms with Gasteiger partial charge in [0.1, 0.15) is 6.61 Å². The van der Waals surface area contributed by atoms with E-state index in [0.29, 0.717) is 0 Å². The lowest BCUT2D eigenvalue weighted by atomic mass is 10.6. The number of hydrogen-bond donors (Lipinski definition) is 1. The van der Waals surface area contributed by atoms with E-state index in [0.717, 1.165) is 0 Å². The number of nitrogens with zero attached hydrogens (tertiary/aromatic N) is 1. The summed E-state index contributed by atoms with van der Waals surface area (Å²) in [6, 6.07) is 0. The standard InChI is InChI=1S/C5H9NO3/c1-6-5(8)4-9-3-2-7/h7H,1-4H2. The number of aliphatic hydroxyl groups excluding tert-OH is 1. The second-order valence-corrected chi connectivity index (χ2v) is 1.33. The van der Waals surface area contributed by atoms with Crippen molar-refractivity contribution in [3.8, 4) is 0 Å². The lowest BCUT2D eigenvalue weighted by Crippen LogP contribution is -2.07. The molecule has 0 bridgehead atoms. The number of ether oxygens (including phenoxy) is 1. The van der Waals surface area contributed by atoms with Crippen LogP contribution in [0, 0.1) is 0 Å². The van der Waals surface area contributed by atoms with Crippen LogP contribution in [-0.2, 0) is 9.53 Å². The van der Waals surface area contributed by atoms with E-state index in [1.54, 1.807) is 0 Å². The summed E-state index contributed by atoms with van der Waals surface area (Å²) < 4.78 is 4.60. The van der Waals surface area contributed by atoms with Crippen LogP contribution in [0.4, 0.5) is 0 Å². The number of hydrogen-bond acceptors (Lipinski definition) is 3. The average Bonchev–Trinajstić information content (AvgIpc) is 1.89. The summed E-state index contributed by atoms with van der Waals surface area (Å²) >= 11 is 0. The number of carbonyl (C=O) groups excluding carboxylic acids is 1. The molecule has 52 valence electrons. The highest BCUT2D eigenvalue weighted by Gasteiger charge is 1.93. The molecule has 0 atom stereocenters. The van der Waals surface area contributed by atoms with Gasteiger partial charge in [-0.15, -0.1) is 0 Å². The third-order valence-electron chi connectivity index (χ3n) is 0.638. The summed E-state index contributed by atoms with van der Waals surface area (Å²) in [4.78, 5) is 13.3. The van der Waals surface area contributed by atoms with Crippen LogP contribution in [0.2, 0.25) is 0 Å². The predicted octanol–water partition coefficient (Wildman–Crippen LogP) is -0.778. The second-order valence-electron chi connectivity index (χ2n) is 1.33. The first-order chi connectivity index (χ1) is 4.31. The van der Waals surface area contributed by atoms with Crippen molar-refractivity contribution in [2.75, 3.05) is 19.8 Å². The fourth-order valence-electron chi connectivity index (χ4n) is 0.270. The maximum absolute atomic E-state index is 10.3. The molecule has 0 aromatic heterocycles. The van der Waals surface area contributed by atoms with Gasteiger partial charge in [-0.2, -0.15) is 0 Å². The van der Waals surface area contributed by atoms with Crippen LogP contribution >= 0.6 is 0 Å². The largest absolute Gasteiger partial charge is 0.394 e. The fraction of sp³-hybridized carbons (Fsp3) is 0.600. The third kappa shape index (κ3) is 5.13. The molecule has 0 aliphatic carbocycles. The Morgan fingerprint density at radius 3 is 2.89 bits per heavy atom. The minimum Gasteiger partial charge on any atom is -0.394 e. The van der Waals surface area contributed by atoms with Crippen LogP contribution in [0.25, 0.3) is 0 Å². The van der Waals surface area contributed by atoms with Gasteiger partial charge in [-0.05, 0) is 6.72 Å². The van der Waals surface area contributed by atoms with Crippen molar-refractivity contribution in [1.82, 2.24) is 0 Å². The molecule has 0 saturated heterocycles. The van der Waals surface area contributed by atoms with E-state index in [4.69, 9.17) is 5.11 Å². The maximum atomic E-state index is 10.3. The Balaban J connectivity index is 3.07. The van der Waals surface area contributed by atoms with Gasteiger partial charge in [-0.3, -0.25) is 4.79 Å². The summed E-state index contributed by atoms with van der Waals surface area (Å²) in [5, 5.41) is 8.17. The summed E-state index contributed by atoms with van der Waals surface area (Å²) in [7, 11) is 0. The molecule has 1 N–H and O–H groups in total. The quantitative estimate of drug-likeness (QED) is 0.402. The van der Waals surface area contributed by atoms with Crippen molar-refractivity contribution >= 4 is 12.6 Å². The van der Waals surface area contributed by atoms with Gasteiger partial charge in [-0.1, -0.05) is 0 Å². The van der Waals surface area contributed by atoms with E-state index in [1.807, 2.05) is 0 Å². The van der Waals surface area contributed by atoms with Crippen molar-refractivity contribution in [2.24, 2.45) is 4.99 Å². The van der Waals surface area contributed by atoms with Crippen molar-refractivity contribution in [3.63, 3.8) is 0 Å². The highest BCUT2D eigenvalue weighted by Crippen LogP contribution is 1.76. The molecule has 0 aliphatic heterocycles. The van der Waals surface area contributed by atoms with Crippen molar-refractivity contribution in [1.29, 1.82) is 0 Å². The number of carbonyl (C=O) groups is 1. The van der Waals surface area contributed by atoms with Crippen LogP contribution < -0.4 is 0 Å². The molecular formula is C5H9NO3. The van der Waals surface area contributed by atoms with Crippen LogP contribution in [-0.4, -0.2) is 37.6 Å². The number of aliphatic hydroxyl groups is 1. The SMILES string of the molecule is C=NC(=O)COCCO.